The molecule has 0 spiro atoms. The fourth-order valence-electron chi connectivity index (χ4n) is 2.06. The maximum absolute atomic E-state index is 5.83. The highest BCUT2D eigenvalue weighted by Gasteiger charge is 2.30. The topological polar surface area (TPSA) is 51.4 Å². The third-order valence-electron chi connectivity index (χ3n) is 3.27. The maximum Gasteiger partial charge on any atom is 0.186 e. The molecule has 0 aromatic carbocycles. The molecule has 0 radical (unpaired) electrons. The molecule has 2 N–H and O–H groups in total. The second-order valence-electron chi connectivity index (χ2n) is 5.06. The van der Waals surface area contributed by atoms with Crippen molar-refractivity contribution in [3.8, 4) is 0 Å². The van der Waals surface area contributed by atoms with Gasteiger partial charge in [0.25, 0.3) is 0 Å². The van der Waals surface area contributed by atoms with E-state index >= 15 is 0 Å². The molecule has 1 aromatic heterocycles. The molecule has 1 aromatic rings. The summed E-state index contributed by atoms with van der Waals surface area (Å²) in [5, 5.41) is 1.10. The molecule has 0 bridgehead atoms. The van der Waals surface area contributed by atoms with Crippen molar-refractivity contribution < 1.29 is 4.74 Å². The predicted octanol–water partition coefficient (Wildman–Crippen LogP) is 2.34. The van der Waals surface area contributed by atoms with Gasteiger partial charge in [-0.15, -0.1) is 11.3 Å². The van der Waals surface area contributed by atoms with Crippen LogP contribution in [0.4, 0.5) is 5.13 Å². The van der Waals surface area contributed by atoms with Crippen molar-refractivity contribution in [2.75, 3.05) is 25.2 Å². The van der Waals surface area contributed by atoms with E-state index in [-0.39, 0.29) is 0 Å². The molecule has 0 aliphatic heterocycles. The van der Waals surface area contributed by atoms with E-state index in [0.29, 0.717) is 18.5 Å². The van der Waals surface area contributed by atoms with Crippen LogP contribution in [-0.2, 0) is 11.3 Å². The van der Waals surface area contributed by atoms with Gasteiger partial charge < -0.3 is 15.4 Å². The van der Waals surface area contributed by atoms with Crippen LogP contribution in [0.2, 0.25) is 0 Å². The number of thiazole rings is 1. The van der Waals surface area contributed by atoms with Gasteiger partial charge in [0.05, 0.1) is 12.3 Å². The van der Waals surface area contributed by atoms with Gasteiger partial charge in [-0.3, -0.25) is 0 Å². The van der Waals surface area contributed by atoms with Crippen molar-refractivity contribution in [2.45, 2.75) is 45.2 Å². The van der Waals surface area contributed by atoms with Gasteiger partial charge in [0, 0.05) is 37.0 Å². The molecule has 102 valence electrons. The number of hydrogen-bond acceptors (Lipinski definition) is 5. The smallest absolute Gasteiger partial charge is 0.186 e. The van der Waals surface area contributed by atoms with Gasteiger partial charge in [0.2, 0.25) is 0 Å². The van der Waals surface area contributed by atoms with Gasteiger partial charge in [-0.1, -0.05) is 0 Å². The highest BCUT2D eigenvalue weighted by atomic mass is 32.1. The normalized spacial score (nSPS) is 15.4. The minimum absolute atomic E-state index is 0.434. The molecule has 2 rings (SSSR count). The second-order valence-corrected chi connectivity index (χ2v) is 6.13. The van der Waals surface area contributed by atoms with E-state index in [1.54, 1.807) is 18.4 Å². The van der Waals surface area contributed by atoms with E-state index in [2.05, 4.69) is 18.7 Å². The van der Waals surface area contributed by atoms with E-state index in [1.165, 1.54) is 23.4 Å². The fourth-order valence-corrected chi connectivity index (χ4v) is 3.24. The van der Waals surface area contributed by atoms with E-state index in [1.807, 2.05) is 0 Å². The fraction of sp³-hybridized carbons (Fsp3) is 0.769. The summed E-state index contributed by atoms with van der Waals surface area (Å²) in [7, 11) is 1.74. The molecule has 18 heavy (non-hydrogen) atoms. The molecular weight excluding hydrogens is 246 g/mol. The third kappa shape index (κ3) is 3.02. The number of nitrogens with zero attached hydrogens (tertiary/aromatic N) is 2. The minimum atomic E-state index is 0.434. The molecule has 5 heteroatoms. The zero-order valence-electron chi connectivity index (χ0n) is 11.5. The quantitative estimate of drug-likeness (QED) is 0.825. The van der Waals surface area contributed by atoms with Crippen molar-refractivity contribution in [1.82, 2.24) is 4.98 Å². The molecule has 1 heterocycles. The van der Waals surface area contributed by atoms with Gasteiger partial charge in [-0.05, 0) is 26.7 Å². The zero-order chi connectivity index (χ0) is 13.1. The van der Waals surface area contributed by atoms with Crippen molar-refractivity contribution >= 4 is 16.5 Å². The van der Waals surface area contributed by atoms with Crippen LogP contribution >= 0.6 is 11.3 Å². The Morgan fingerprint density at radius 3 is 2.72 bits per heavy atom. The molecule has 1 aliphatic rings. The minimum Gasteiger partial charge on any atom is -0.383 e. The maximum atomic E-state index is 5.83. The van der Waals surface area contributed by atoms with E-state index in [9.17, 15) is 0 Å². The summed E-state index contributed by atoms with van der Waals surface area (Å²) < 4.78 is 5.18. The number of methoxy groups -OCH3 is 1. The first kappa shape index (κ1) is 13.8. The van der Waals surface area contributed by atoms with Crippen molar-refractivity contribution in [3.05, 3.63) is 10.6 Å². The number of hydrogen-bond donors (Lipinski definition) is 1. The first-order valence-electron chi connectivity index (χ1n) is 6.62. The van der Waals surface area contributed by atoms with Crippen LogP contribution in [0.3, 0.4) is 0 Å². The lowest BCUT2D eigenvalue weighted by atomic mass is 10.2. The Kier molecular flexibility index (Phi) is 4.59. The summed E-state index contributed by atoms with van der Waals surface area (Å²) in [6, 6.07) is 0.434. The molecule has 1 aliphatic carbocycles. The Morgan fingerprint density at radius 1 is 1.50 bits per heavy atom. The van der Waals surface area contributed by atoms with E-state index in [4.69, 9.17) is 15.5 Å². The second kappa shape index (κ2) is 5.99. The highest BCUT2D eigenvalue weighted by Crippen LogP contribution is 2.44. The summed E-state index contributed by atoms with van der Waals surface area (Å²) in [5.74, 6) is 0.671. The van der Waals surface area contributed by atoms with Gasteiger partial charge >= 0.3 is 0 Å². The summed E-state index contributed by atoms with van der Waals surface area (Å²) in [6.07, 6.45) is 2.55. The standard InChI is InChI=1S/C13H23N3OS/c1-9(2)16(6-7-17-3)13-15-12(10-4-5-10)11(8-14)18-13/h9-10H,4-8,14H2,1-3H3. The first-order chi connectivity index (χ1) is 8.67. The summed E-state index contributed by atoms with van der Waals surface area (Å²) in [5.41, 5.74) is 7.08. The first-order valence-corrected chi connectivity index (χ1v) is 7.44. The average Bonchev–Trinajstić information content (AvgIpc) is 3.10. The summed E-state index contributed by atoms with van der Waals surface area (Å²) >= 11 is 1.75. The average molecular weight is 269 g/mol. The molecule has 1 fully saturated rings. The Balaban J connectivity index is 2.18. The van der Waals surface area contributed by atoms with Crippen molar-refractivity contribution in [2.24, 2.45) is 5.73 Å². The van der Waals surface area contributed by atoms with Crippen LogP contribution in [0.15, 0.2) is 0 Å². The van der Waals surface area contributed by atoms with Gasteiger partial charge in [0.15, 0.2) is 5.13 Å². The Morgan fingerprint density at radius 2 is 2.22 bits per heavy atom. The highest BCUT2D eigenvalue weighted by molar-refractivity contribution is 7.15. The van der Waals surface area contributed by atoms with E-state index < -0.39 is 0 Å². The van der Waals surface area contributed by atoms with Gasteiger partial charge in [-0.2, -0.15) is 0 Å². The Bertz CT molecular complexity index is 388. The number of aromatic nitrogens is 1. The zero-order valence-corrected chi connectivity index (χ0v) is 12.3. The number of nitrogens with two attached hydrogens (primary N) is 1. The monoisotopic (exact) mass is 269 g/mol. The van der Waals surface area contributed by atoms with Crippen molar-refractivity contribution in [3.63, 3.8) is 0 Å². The van der Waals surface area contributed by atoms with Crippen LogP contribution < -0.4 is 10.6 Å². The van der Waals surface area contributed by atoms with Gasteiger partial charge in [-0.25, -0.2) is 4.98 Å². The number of rotatable bonds is 7. The summed E-state index contributed by atoms with van der Waals surface area (Å²) in [4.78, 5) is 8.39. The molecule has 0 atom stereocenters. The molecule has 4 nitrogen and oxygen atoms in total. The molecule has 0 saturated heterocycles. The predicted molar refractivity (Wildman–Crippen MR) is 76.3 cm³/mol. The van der Waals surface area contributed by atoms with Crippen molar-refractivity contribution in [1.29, 1.82) is 0 Å². The lowest BCUT2D eigenvalue weighted by Crippen LogP contribution is -2.33. The largest absolute Gasteiger partial charge is 0.383 e. The third-order valence-corrected chi connectivity index (χ3v) is 4.40. The molecule has 1 saturated carbocycles. The molecular formula is C13H23N3OS. The van der Waals surface area contributed by atoms with Crippen LogP contribution in [0.1, 0.15) is 43.2 Å². The molecule has 0 unspecified atom stereocenters. The van der Waals surface area contributed by atoms with E-state index in [0.717, 1.165) is 18.3 Å². The Hall–Kier alpha value is -0.650. The van der Waals surface area contributed by atoms with Crippen LogP contribution in [0.25, 0.3) is 0 Å². The van der Waals surface area contributed by atoms with Crippen LogP contribution in [0, 0.1) is 0 Å². The number of ether oxygens (including phenoxy) is 1. The molecule has 0 amide bonds. The SMILES string of the molecule is COCCN(c1nc(C2CC2)c(CN)s1)C(C)C. The Labute approximate surface area is 113 Å². The van der Waals surface area contributed by atoms with Crippen LogP contribution in [0.5, 0.6) is 0 Å². The van der Waals surface area contributed by atoms with Gasteiger partial charge in [0.1, 0.15) is 0 Å². The summed E-state index contributed by atoms with van der Waals surface area (Å²) in [6.45, 7) is 6.61. The lowest BCUT2D eigenvalue weighted by molar-refractivity contribution is 0.204. The number of anilines is 1. The van der Waals surface area contributed by atoms with Crippen LogP contribution in [-0.4, -0.2) is 31.3 Å². The lowest BCUT2D eigenvalue weighted by Gasteiger charge is -2.25.